The number of alkyl halides is 1. The number of hydrogen-bond acceptors (Lipinski definition) is 3. The molecule has 0 N–H and O–H groups in total. The van der Waals surface area contributed by atoms with Gasteiger partial charge < -0.3 is 4.52 Å². The van der Waals surface area contributed by atoms with Crippen LogP contribution in [0.1, 0.15) is 34.8 Å². The Hall–Kier alpha value is -1.35. The molecule has 0 aliphatic rings. The lowest BCUT2D eigenvalue weighted by molar-refractivity contribution is 0.373. The van der Waals surface area contributed by atoms with E-state index >= 15 is 0 Å². The smallest absolute Gasteiger partial charge is 0.226 e. The summed E-state index contributed by atoms with van der Waals surface area (Å²) in [5.41, 5.74) is 3.80. The average Bonchev–Trinajstić information content (AvgIpc) is 2.79. The van der Waals surface area contributed by atoms with Gasteiger partial charge in [-0.25, -0.2) is 0 Å². The van der Waals surface area contributed by atoms with E-state index in [-0.39, 0.29) is 0 Å². The van der Waals surface area contributed by atoms with E-state index in [0.717, 1.165) is 18.7 Å². The maximum absolute atomic E-state index is 5.63. The van der Waals surface area contributed by atoms with Crippen molar-refractivity contribution < 1.29 is 4.52 Å². The zero-order valence-corrected chi connectivity index (χ0v) is 11.5. The second kappa shape index (κ2) is 6.01. The molecule has 0 saturated heterocycles. The van der Waals surface area contributed by atoms with Gasteiger partial charge in [0.2, 0.25) is 5.89 Å². The minimum absolute atomic E-state index is 0.620. The highest BCUT2D eigenvalue weighted by Gasteiger charge is 2.07. The van der Waals surface area contributed by atoms with Crippen LogP contribution in [0.25, 0.3) is 0 Å². The van der Waals surface area contributed by atoms with Crippen molar-refractivity contribution in [2.45, 2.75) is 33.1 Å². The van der Waals surface area contributed by atoms with E-state index in [0.29, 0.717) is 18.2 Å². The number of aromatic nitrogens is 2. The summed E-state index contributed by atoms with van der Waals surface area (Å²) in [4.78, 5) is 4.36. The monoisotopic (exact) mass is 264 g/mol. The molecular formula is C14H17ClN2O. The van der Waals surface area contributed by atoms with Crippen LogP contribution in [0.5, 0.6) is 0 Å². The minimum Gasteiger partial charge on any atom is -0.339 e. The van der Waals surface area contributed by atoms with E-state index in [2.05, 4.69) is 42.2 Å². The molecule has 0 unspecified atom stereocenters. The molecule has 0 fully saturated rings. The molecule has 1 aromatic carbocycles. The van der Waals surface area contributed by atoms with E-state index in [4.69, 9.17) is 16.1 Å². The largest absolute Gasteiger partial charge is 0.339 e. The lowest BCUT2D eigenvalue weighted by Gasteiger charge is -2.02. The van der Waals surface area contributed by atoms with Crippen molar-refractivity contribution >= 4 is 11.6 Å². The Balaban J connectivity index is 2.04. The highest BCUT2D eigenvalue weighted by Crippen LogP contribution is 2.13. The van der Waals surface area contributed by atoms with Crippen LogP contribution in [0.3, 0.4) is 0 Å². The number of halogens is 1. The van der Waals surface area contributed by atoms with Crippen molar-refractivity contribution in [2.24, 2.45) is 0 Å². The van der Waals surface area contributed by atoms with E-state index in [1.54, 1.807) is 0 Å². The number of benzene rings is 1. The third-order valence-electron chi connectivity index (χ3n) is 2.97. The fraction of sp³-hybridized carbons (Fsp3) is 0.429. The van der Waals surface area contributed by atoms with Crippen molar-refractivity contribution in [3.8, 4) is 0 Å². The minimum atomic E-state index is 0.620. The predicted molar refractivity (Wildman–Crippen MR) is 72.1 cm³/mol. The second-order valence-corrected chi connectivity index (χ2v) is 4.87. The van der Waals surface area contributed by atoms with E-state index in [1.807, 2.05) is 0 Å². The zero-order valence-electron chi connectivity index (χ0n) is 10.7. The summed E-state index contributed by atoms with van der Waals surface area (Å²) in [5, 5.41) is 3.99. The predicted octanol–water partition coefficient (Wildman–Crippen LogP) is 3.45. The quantitative estimate of drug-likeness (QED) is 0.777. The molecule has 0 bridgehead atoms. The maximum atomic E-state index is 5.63. The summed E-state index contributed by atoms with van der Waals surface area (Å²) in [6, 6.07) is 6.40. The summed E-state index contributed by atoms with van der Waals surface area (Å²) in [7, 11) is 0. The fourth-order valence-electron chi connectivity index (χ4n) is 1.78. The van der Waals surface area contributed by atoms with Crippen LogP contribution in [-0.4, -0.2) is 16.0 Å². The molecule has 0 aliphatic heterocycles. The molecule has 18 heavy (non-hydrogen) atoms. The lowest BCUT2D eigenvalue weighted by Crippen LogP contribution is -1.93. The van der Waals surface area contributed by atoms with Crippen molar-refractivity contribution in [3.05, 3.63) is 46.6 Å². The Labute approximate surface area is 112 Å². The summed E-state index contributed by atoms with van der Waals surface area (Å²) < 4.78 is 5.17. The van der Waals surface area contributed by atoms with Gasteiger partial charge in [0.1, 0.15) is 0 Å². The summed E-state index contributed by atoms with van der Waals surface area (Å²) >= 11 is 5.63. The summed E-state index contributed by atoms with van der Waals surface area (Å²) in [6.07, 6.45) is 2.34. The topological polar surface area (TPSA) is 38.9 Å². The molecule has 3 nitrogen and oxygen atoms in total. The molecule has 96 valence electrons. The number of rotatable bonds is 5. The molecule has 0 aliphatic carbocycles. The van der Waals surface area contributed by atoms with Crippen molar-refractivity contribution in [3.63, 3.8) is 0 Å². The van der Waals surface area contributed by atoms with E-state index in [1.165, 1.54) is 16.7 Å². The first kappa shape index (κ1) is 13.1. The third kappa shape index (κ3) is 3.33. The van der Waals surface area contributed by atoms with Crippen LogP contribution in [0, 0.1) is 13.8 Å². The van der Waals surface area contributed by atoms with Gasteiger partial charge in [0.05, 0.1) is 0 Å². The fourth-order valence-corrected chi connectivity index (χ4v) is 1.91. The van der Waals surface area contributed by atoms with Crippen LogP contribution >= 0.6 is 11.6 Å². The Bertz CT molecular complexity index is 522. The molecule has 2 aromatic rings. The SMILES string of the molecule is Cc1ccc(Cc2noc(CCCCl)n2)cc1C. The standard InChI is InChI=1S/C14H17ClN2O/c1-10-5-6-12(8-11(10)2)9-13-16-14(18-17-13)4-3-7-15/h5-6,8H,3-4,7,9H2,1-2H3. The van der Waals surface area contributed by atoms with Gasteiger partial charge in [-0.15, -0.1) is 11.6 Å². The first-order valence-corrected chi connectivity index (χ1v) is 6.66. The van der Waals surface area contributed by atoms with E-state index < -0.39 is 0 Å². The molecule has 1 aromatic heterocycles. The van der Waals surface area contributed by atoms with Gasteiger partial charge in [-0.05, 0) is 37.0 Å². The Morgan fingerprint density at radius 3 is 2.78 bits per heavy atom. The van der Waals surface area contributed by atoms with Crippen molar-refractivity contribution in [1.29, 1.82) is 0 Å². The summed E-state index contributed by atoms with van der Waals surface area (Å²) in [6.45, 7) is 4.22. The maximum Gasteiger partial charge on any atom is 0.226 e. The van der Waals surface area contributed by atoms with Crippen molar-refractivity contribution in [2.75, 3.05) is 5.88 Å². The average molecular weight is 265 g/mol. The first-order chi connectivity index (χ1) is 8.69. The zero-order chi connectivity index (χ0) is 13.0. The summed E-state index contributed by atoms with van der Waals surface area (Å²) in [5.74, 6) is 2.03. The molecule has 4 heteroatoms. The van der Waals surface area contributed by atoms with Gasteiger partial charge in [-0.2, -0.15) is 4.98 Å². The van der Waals surface area contributed by atoms with Crippen molar-refractivity contribution in [1.82, 2.24) is 10.1 Å². The van der Waals surface area contributed by atoms with Gasteiger partial charge >= 0.3 is 0 Å². The molecule has 0 radical (unpaired) electrons. The Morgan fingerprint density at radius 2 is 2.06 bits per heavy atom. The Kier molecular flexibility index (Phi) is 4.37. The van der Waals surface area contributed by atoms with Crippen LogP contribution < -0.4 is 0 Å². The van der Waals surface area contributed by atoms with Crippen LogP contribution in [-0.2, 0) is 12.8 Å². The molecule has 0 amide bonds. The van der Waals surface area contributed by atoms with E-state index in [9.17, 15) is 0 Å². The van der Waals surface area contributed by atoms with Gasteiger partial charge in [-0.1, -0.05) is 23.4 Å². The van der Waals surface area contributed by atoms with Crippen LogP contribution in [0.2, 0.25) is 0 Å². The second-order valence-electron chi connectivity index (χ2n) is 4.49. The van der Waals surface area contributed by atoms with Gasteiger partial charge in [0, 0.05) is 18.7 Å². The molecule has 2 rings (SSSR count). The van der Waals surface area contributed by atoms with Gasteiger partial charge in [-0.3, -0.25) is 0 Å². The third-order valence-corrected chi connectivity index (χ3v) is 3.24. The highest BCUT2D eigenvalue weighted by molar-refractivity contribution is 6.17. The normalized spacial score (nSPS) is 10.8. The molecule has 0 spiro atoms. The molecule has 0 saturated carbocycles. The molecule has 0 atom stereocenters. The van der Waals surface area contributed by atoms with Crippen LogP contribution in [0.4, 0.5) is 0 Å². The highest BCUT2D eigenvalue weighted by atomic mass is 35.5. The number of aryl methyl sites for hydroxylation is 3. The number of hydrogen-bond donors (Lipinski definition) is 0. The van der Waals surface area contributed by atoms with Crippen LogP contribution in [0.15, 0.2) is 22.7 Å². The Morgan fingerprint density at radius 1 is 1.22 bits per heavy atom. The molecular weight excluding hydrogens is 248 g/mol. The lowest BCUT2D eigenvalue weighted by atomic mass is 10.0. The molecule has 1 heterocycles. The van der Waals surface area contributed by atoms with Gasteiger partial charge in [0.25, 0.3) is 0 Å². The number of nitrogens with zero attached hydrogens (tertiary/aromatic N) is 2. The van der Waals surface area contributed by atoms with Gasteiger partial charge in [0.15, 0.2) is 5.82 Å². The first-order valence-electron chi connectivity index (χ1n) is 6.12.